The molecule has 0 aliphatic carbocycles. The monoisotopic (exact) mass is 286 g/mol. The van der Waals surface area contributed by atoms with Gasteiger partial charge in [0.25, 0.3) is 0 Å². The molecule has 0 bridgehead atoms. The first-order chi connectivity index (χ1) is 9.09. The highest BCUT2D eigenvalue weighted by Crippen LogP contribution is 2.19. The number of nitrogens with zero attached hydrogens (tertiary/aromatic N) is 1. The number of thiocarbonyl (C=S) groups is 1. The number of hydrogen-bond donors (Lipinski definition) is 1. The highest BCUT2D eigenvalue weighted by Gasteiger charge is 2.14. The zero-order valence-corrected chi connectivity index (χ0v) is 12.7. The minimum atomic E-state index is 0.609. The topological polar surface area (TPSA) is 3.01 Å². The van der Waals surface area contributed by atoms with Gasteiger partial charge >= 0.3 is 0 Å². The van der Waals surface area contributed by atoms with Gasteiger partial charge in [0, 0.05) is 5.56 Å². The number of thiol groups is 1. The molecule has 96 valence electrons. The van der Waals surface area contributed by atoms with Crippen LogP contribution in [0.3, 0.4) is 0 Å². The third kappa shape index (κ3) is 3.31. The molecule has 0 fully saturated rings. The van der Waals surface area contributed by atoms with Gasteiger partial charge in [-0.15, -0.1) is 12.6 Å². The number of hydrogen-bond acceptors (Lipinski definition) is 1. The smallest absolute Gasteiger partial charge is 0.231 e. The van der Waals surface area contributed by atoms with Gasteiger partial charge in [0.1, 0.15) is 18.3 Å². The van der Waals surface area contributed by atoms with Crippen LogP contribution in [0.1, 0.15) is 5.56 Å². The van der Waals surface area contributed by atoms with Crippen LogP contribution >= 0.6 is 24.8 Å². The molecular formula is C16H16NS2+. The quantitative estimate of drug-likeness (QED) is 0.390. The molecule has 0 spiro atoms. The van der Waals surface area contributed by atoms with Crippen molar-refractivity contribution in [2.75, 3.05) is 14.1 Å². The highest BCUT2D eigenvalue weighted by atomic mass is 32.1. The first-order valence-electron chi connectivity index (χ1n) is 6.03. The molecule has 0 saturated carbocycles. The Morgan fingerprint density at radius 3 is 1.89 bits per heavy atom. The molecule has 0 N–H and O–H groups in total. The molecule has 0 atom stereocenters. The molecule has 3 heteroatoms. The molecular weight excluding hydrogens is 270 g/mol. The van der Waals surface area contributed by atoms with Crippen LogP contribution in [0.5, 0.6) is 0 Å². The second-order valence-corrected chi connectivity index (χ2v) is 5.65. The van der Waals surface area contributed by atoms with Crippen LogP contribution in [0, 0.1) is 0 Å². The lowest BCUT2D eigenvalue weighted by atomic mass is 10.0. The Hall–Kier alpha value is -1.45. The van der Waals surface area contributed by atoms with Crippen LogP contribution in [0.4, 0.5) is 0 Å². The molecule has 19 heavy (non-hydrogen) atoms. The first-order valence-corrected chi connectivity index (χ1v) is 6.88. The normalized spacial score (nSPS) is 10.1. The molecule has 2 aromatic carbocycles. The standard InChI is InChI=1S/C16H15NS2/c1-17(2)15(16(18)19)14-10-8-13(9-11-14)12-6-4-3-5-7-12/h3-11H,1-2H3/p+1. The largest absolute Gasteiger partial charge is 0.233 e. The van der Waals surface area contributed by atoms with Crippen LogP contribution in [0.2, 0.25) is 0 Å². The average Bonchev–Trinajstić information content (AvgIpc) is 2.40. The summed E-state index contributed by atoms with van der Waals surface area (Å²) in [5.41, 5.74) is 4.48. The lowest BCUT2D eigenvalue weighted by molar-refractivity contribution is -0.461. The first kappa shape index (κ1) is 14.0. The van der Waals surface area contributed by atoms with E-state index in [1.807, 2.05) is 36.9 Å². The second kappa shape index (κ2) is 6.13. The van der Waals surface area contributed by atoms with E-state index in [1.54, 1.807) is 0 Å². The molecule has 0 aliphatic heterocycles. The Labute approximate surface area is 125 Å². The van der Waals surface area contributed by atoms with Crippen molar-refractivity contribution in [1.82, 2.24) is 0 Å². The van der Waals surface area contributed by atoms with Gasteiger partial charge in [-0.05, 0) is 23.3 Å². The molecule has 0 radical (unpaired) electrons. The van der Waals surface area contributed by atoms with Gasteiger partial charge in [0.15, 0.2) is 0 Å². The summed E-state index contributed by atoms with van der Waals surface area (Å²) in [5, 5.41) is 0. The van der Waals surface area contributed by atoms with E-state index in [1.165, 1.54) is 11.1 Å². The van der Waals surface area contributed by atoms with Crippen molar-refractivity contribution in [3.8, 4) is 11.1 Å². The molecule has 2 rings (SSSR count). The van der Waals surface area contributed by atoms with Gasteiger partial charge in [-0.25, -0.2) is 4.58 Å². The van der Waals surface area contributed by atoms with Crippen molar-refractivity contribution in [2.24, 2.45) is 0 Å². The van der Waals surface area contributed by atoms with Crippen molar-refractivity contribution >= 4 is 34.8 Å². The Kier molecular flexibility index (Phi) is 4.51. The maximum absolute atomic E-state index is 5.19. The minimum Gasteiger partial charge on any atom is -0.233 e. The summed E-state index contributed by atoms with van der Waals surface area (Å²) in [6, 6.07) is 18.7. The molecule has 0 unspecified atom stereocenters. The molecule has 0 aromatic heterocycles. The van der Waals surface area contributed by atoms with E-state index >= 15 is 0 Å². The lowest BCUT2D eigenvalue weighted by Crippen LogP contribution is -2.19. The molecule has 1 nitrogen and oxygen atoms in total. The number of rotatable bonds is 3. The Morgan fingerprint density at radius 1 is 0.895 bits per heavy atom. The fourth-order valence-corrected chi connectivity index (χ4v) is 2.65. The minimum absolute atomic E-state index is 0.609. The van der Waals surface area contributed by atoms with Gasteiger partial charge < -0.3 is 0 Å². The summed E-state index contributed by atoms with van der Waals surface area (Å²) in [5.74, 6) is 0. The summed E-state index contributed by atoms with van der Waals surface area (Å²) in [6.45, 7) is 0. The van der Waals surface area contributed by atoms with E-state index in [2.05, 4.69) is 49.0 Å². The highest BCUT2D eigenvalue weighted by molar-refractivity contribution is 8.13. The third-order valence-corrected chi connectivity index (χ3v) is 3.32. The van der Waals surface area contributed by atoms with Crippen LogP contribution in [0.15, 0.2) is 54.6 Å². The van der Waals surface area contributed by atoms with Crippen LogP contribution in [-0.2, 0) is 0 Å². The van der Waals surface area contributed by atoms with E-state index < -0.39 is 0 Å². The molecule has 0 saturated heterocycles. The summed E-state index contributed by atoms with van der Waals surface area (Å²) < 4.78 is 2.60. The van der Waals surface area contributed by atoms with Gasteiger partial charge in [-0.2, -0.15) is 0 Å². The van der Waals surface area contributed by atoms with Crippen molar-refractivity contribution in [2.45, 2.75) is 0 Å². The van der Waals surface area contributed by atoms with E-state index in [4.69, 9.17) is 12.2 Å². The van der Waals surface area contributed by atoms with E-state index in [0.29, 0.717) is 4.20 Å². The molecule has 0 heterocycles. The van der Waals surface area contributed by atoms with Gasteiger partial charge in [0.2, 0.25) is 5.71 Å². The molecule has 2 aromatic rings. The Balaban J connectivity index is 2.39. The summed E-state index contributed by atoms with van der Waals surface area (Å²) in [6.07, 6.45) is 0. The van der Waals surface area contributed by atoms with Crippen molar-refractivity contribution in [3.63, 3.8) is 0 Å². The van der Waals surface area contributed by atoms with Crippen LogP contribution in [-0.4, -0.2) is 28.6 Å². The summed E-state index contributed by atoms with van der Waals surface area (Å²) >= 11 is 9.48. The maximum Gasteiger partial charge on any atom is 0.231 e. The Morgan fingerprint density at radius 2 is 1.42 bits per heavy atom. The summed E-state index contributed by atoms with van der Waals surface area (Å²) in [4.78, 5) is 0. The lowest BCUT2D eigenvalue weighted by Gasteiger charge is -2.05. The van der Waals surface area contributed by atoms with Crippen LogP contribution in [0.25, 0.3) is 11.1 Å². The van der Waals surface area contributed by atoms with E-state index in [0.717, 1.165) is 11.3 Å². The van der Waals surface area contributed by atoms with E-state index in [9.17, 15) is 0 Å². The Bertz CT molecular complexity index is 609. The predicted octanol–water partition coefficient (Wildman–Crippen LogP) is 3.67. The fourth-order valence-electron chi connectivity index (χ4n) is 2.02. The average molecular weight is 286 g/mol. The van der Waals surface area contributed by atoms with Crippen molar-refractivity contribution in [1.29, 1.82) is 0 Å². The van der Waals surface area contributed by atoms with Crippen LogP contribution < -0.4 is 0 Å². The van der Waals surface area contributed by atoms with E-state index in [-0.39, 0.29) is 0 Å². The maximum atomic E-state index is 5.19. The van der Waals surface area contributed by atoms with Gasteiger partial charge in [-0.1, -0.05) is 54.7 Å². The molecule has 0 aliphatic rings. The SMILES string of the molecule is C[N+](C)=C(C(=S)S)c1ccc(-c2ccccc2)cc1. The van der Waals surface area contributed by atoms with Crippen molar-refractivity contribution < 1.29 is 4.58 Å². The molecule has 0 amide bonds. The fraction of sp³-hybridized carbons (Fsp3) is 0.125. The zero-order valence-electron chi connectivity index (χ0n) is 11.0. The third-order valence-electron chi connectivity index (χ3n) is 2.92. The van der Waals surface area contributed by atoms with Crippen molar-refractivity contribution in [3.05, 3.63) is 60.2 Å². The number of benzene rings is 2. The summed E-state index contributed by atoms with van der Waals surface area (Å²) in [7, 11) is 3.95. The zero-order chi connectivity index (χ0) is 13.8. The second-order valence-electron chi connectivity index (χ2n) is 4.49. The van der Waals surface area contributed by atoms with Gasteiger partial charge in [0.05, 0.1) is 0 Å². The predicted molar refractivity (Wildman–Crippen MR) is 89.7 cm³/mol. The van der Waals surface area contributed by atoms with Gasteiger partial charge in [-0.3, -0.25) is 0 Å².